The second kappa shape index (κ2) is 5.72. The smallest absolute Gasteiger partial charge is 0.125 e. The first-order valence-corrected chi connectivity index (χ1v) is 6.79. The van der Waals surface area contributed by atoms with Gasteiger partial charge in [0.1, 0.15) is 5.82 Å². The highest BCUT2D eigenvalue weighted by Crippen LogP contribution is 2.27. The van der Waals surface area contributed by atoms with Crippen molar-refractivity contribution in [1.29, 1.82) is 0 Å². The number of nitrogens with zero attached hydrogens (tertiary/aromatic N) is 1. The van der Waals surface area contributed by atoms with E-state index in [2.05, 4.69) is 4.90 Å². The Morgan fingerprint density at radius 1 is 1.29 bits per heavy atom. The predicted octanol–water partition coefficient (Wildman–Crippen LogP) is 4.19. The van der Waals surface area contributed by atoms with Crippen LogP contribution in [0.25, 0.3) is 0 Å². The number of anilines is 1. The Kier molecular flexibility index (Phi) is 4.27. The van der Waals surface area contributed by atoms with Crippen molar-refractivity contribution in [1.82, 2.24) is 0 Å². The van der Waals surface area contributed by atoms with Gasteiger partial charge in [0.15, 0.2) is 0 Å². The molecule has 17 heavy (non-hydrogen) atoms. The molecule has 0 aromatic heterocycles. The van der Waals surface area contributed by atoms with Crippen LogP contribution >= 0.6 is 11.6 Å². The monoisotopic (exact) mass is 255 g/mol. The summed E-state index contributed by atoms with van der Waals surface area (Å²) < 4.78 is 13.4. The average molecular weight is 256 g/mol. The normalized spacial score (nSPS) is 16.4. The summed E-state index contributed by atoms with van der Waals surface area (Å²) in [6.07, 6.45) is 5.30. The molecule has 1 saturated carbocycles. The molecule has 0 unspecified atom stereocenters. The number of hydrogen-bond acceptors (Lipinski definition) is 1. The molecule has 1 aromatic carbocycles. The SMILES string of the molecule is CN(CC1CCCC1)c1cc(F)cc(CCl)c1. The molecule has 3 heteroatoms. The first-order valence-electron chi connectivity index (χ1n) is 6.25. The van der Waals surface area contributed by atoms with Gasteiger partial charge in [0.05, 0.1) is 0 Å². The molecule has 0 heterocycles. The zero-order valence-electron chi connectivity index (χ0n) is 10.3. The van der Waals surface area contributed by atoms with Gasteiger partial charge in [-0.1, -0.05) is 12.8 Å². The second-order valence-electron chi connectivity index (χ2n) is 4.98. The van der Waals surface area contributed by atoms with Crippen LogP contribution in [0.4, 0.5) is 10.1 Å². The van der Waals surface area contributed by atoms with Gasteiger partial charge in [-0.15, -0.1) is 11.6 Å². The molecular weight excluding hydrogens is 237 g/mol. The van der Waals surface area contributed by atoms with Crippen molar-refractivity contribution < 1.29 is 4.39 Å². The minimum absolute atomic E-state index is 0.198. The van der Waals surface area contributed by atoms with Gasteiger partial charge in [0.25, 0.3) is 0 Å². The van der Waals surface area contributed by atoms with E-state index in [0.29, 0.717) is 5.88 Å². The lowest BCUT2D eigenvalue weighted by atomic mass is 10.1. The fourth-order valence-electron chi connectivity index (χ4n) is 2.62. The molecule has 1 nitrogen and oxygen atoms in total. The maximum Gasteiger partial charge on any atom is 0.125 e. The molecule has 1 aromatic rings. The van der Waals surface area contributed by atoms with E-state index in [9.17, 15) is 4.39 Å². The van der Waals surface area contributed by atoms with Crippen LogP contribution in [-0.2, 0) is 5.88 Å². The number of rotatable bonds is 4. The molecule has 0 N–H and O–H groups in total. The Morgan fingerprint density at radius 2 is 2.00 bits per heavy atom. The van der Waals surface area contributed by atoms with Crippen LogP contribution in [-0.4, -0.2) is 13.6 Å². The molecule has 0 atom stereocenters. The van der Waals surface area contributed by atoms with Crippen LogP contribution < -0.4 is 4.90 Å². The van der Waals surface area contributed by atoms with E-state index in [1.54, 1.807) is 6.07 Å². The first kappa shape index (κ1) is 12.7. The molecule has 1 aliphatic rings. The van der Waals surface area contributed by atoms with Crippen molar-refractivity contribution in [2.75, 3.05) is 18.5 Å². The summed E-state index contributed by atoms with van der Waals surface area (Å²) in [4.78, 5) is 2.15. The minimum atomic E-state index is -0.198. The van der Waals surface area contributed by atoms with Gasteiger partial charge in [-0.05, 0) is 42.5 Å². The average Bonchev–Trinajstić information content (AvgIpc) is 2.81. The van der Waals surface area contributed by atoms with Crippen molar-refractivity contribution >= 4 is 17.3 Å². The molecule has 0 bridgehead atoms. The standard InChI is InChI=1S/C14H19ClFN/c1-17(10-11-4-2-3-5-11)14-7-12(9-15)6-13(16)8-14/h6-8,11H,2-5,9-10H2,1H3. The summed E-state index contributed by atoms with van der Waals surface area (Å²) in [5.74, 6) is 0.932. The van der Waals surface area contributed by atoms with Crippen LogP contribution in [0.3, 0.4) is 0 Å². The Labute approximate surface area is 108 Å². The maximum absolute atomic E-state index is 13.4. The molecule has 0 spiro atoms. The second-order valence-corrected chi connectivity index (χ2v) is 5.25. The summed E-state index contributed by atoms with van der Waals surface area (Å²) in [6.45, 7) is 1.02. The van der Waals surface area contributed by atoms with Crippen molar-refractivity contribution in [3.63, 3.8) is 0 Å². The Balaban J connectivity index is 2.06. The largest absolute Gasteiger partial charge is 0.374 e. The van der Waals surface area contributed by atoms with E-state index in [4.69, 9.17) is 11.6 Å². The molecule has 1 fully saturated rings. The van der Waals surface area contributed by atoms with E-state index < -0.39 is 0 Å². The predicted molar refractivity (Wildman–Crippen MR) is 71.2 cm³/mol. The molecule has 1 aliphatic carbocycles. The van der Waals surface area contributed by atoms with Gasteiger partial charge in [-0.25, -0.2) is 4.39 Å². The van der Waals surface area contributed by atoms with Crippen LogP contribution in [0, 0.1) is 11.7 Å². The highest BCUT2D eigenvalue weighted by Gasteiger charge is 2.17. The highest BCUT2D eigenvalue weighted by atomic mass is 35.5. The van der Waals surface area contributed by atoms with Gasteiger partial charge in [0.2, 0.25) is 0 Å². The van der Waals surface area contributed by atoms with Crippen LogP contribution in [0.15, 0.2) is 18.2 Å². The van der Waals surface area contributed by atoms with Crippen LogP contribution in [0.1, 0.15) is 31.2 Å². The van der Waals surface area contributed by atoms with Crippen molar-refractivity contribution in [3.05, 3.63) is 29.6 Å². The van der Waals surface area contributed by atoms with E-state index >= 15 is 0 Å². The molecule has 94 valence electrons. The molecule has 0 amide bonds. The van der Waals surface area contributed by atoms with E-state index in [1.165, 1.54) is 31.7 Å². The van der Waals surface area contributed by atoms with E-state index in [-0.39, 0.29) is 5.82 Å². The van der Waals surface area contributed by atoms with E-state index in [1.807, 2.05) is 13.1 Å². The number of halogens is 2. The van der Waals surface area contributed by atoms with Gasteiger partial charge < -0.3 is 4.90 Å². The lowest BCUT2D eigenvalue weighted by Gasteiger charge is -2.23. The first-order chi connectivity index (χ1) is 8.19. The topological polar surface area (TPSA) is 3.24 Å². The molecule has 0 saturated heterocycles. The van der Waals surface area contributed by atoms with Gasteiger partial charge in [0, 0.05) is 25.2 Å². The Hall–Kier alpha value is -0.760. The third-order valence-electron chi connectivity index (χ3n) is 3.54. The Morgan fingerprint density at radius 3 is 2.65 bits per heavy atom. The minimum Gasteiger partial charge on any atom is -0.374 e. The lowest BCUT2D eigenvalue weighted by Crippen LogP contribution is -2.24. The fraction of sp³-hybridized carbons (Fsp3) is 0.571. The number of benzene rings is 1. The van der Waals surface area contributed by atoms with Crippen molar-refractivity contribution in [2.45, 2.75) is 31.6 Å². The lowest BCUT2D eigenvalue weighted by molar-refractivity contribution is 0.546. The zero-order valence-corrected chi connectivity index (χ0v) is 11.0. The summed E-state index contributed by atoms with van der Waals surface area (Å²) in [7, 11) is 2.03. The number of hydrogen-bond donors (Lipinski definition) is 0. The zero-order chi connectivity index (χ0) is 12.3. The molecular formula is C14H19ClFN. The van der Waals surface area contributed by atoms with Crippen molar-refractivity contribution in [2.24, 2.45) is 5.92 Å². The Bertz CT molecular complexity index is 374. The fourth-order valence-corrected chi connectivity index (χ4v) is 2.77. The number of alkyl halides is 1. The third-order valence-corrected chi connectivity index (χ3v) is 3.85. The molecule has 0 radical (unpaired) electrons. The third kappa shape index (κ3) is 3.35. The quantitative estimate of drug-likeness (QED) is 0.729. The van der Waals surface area contributed by atoms with Gasteiger partial charge >= 0.3 is 0 Å². The molecule has 0 aliphatic heterocycles. The summed E-state index contributed by atoms with van der Waals surface area (Å²) in [6, 6.07) is 5.07. The maximum atomic E-state index is 13.4. The highest BCUT2D eigenvalue weighted by molar-refractivity contribution is 6.17. The van der Waals surface area contributed by atoms with Gasteiger partial charge in [-0.3, -0.25) is 0 Å². The summed E-state index contributed by atoms with van der Waals surface area (Å²) >= 11 is 5.76. The van der Waals surface area contributed by atoms with Crippen molar-refractivity contribution in [3.8, 4) is 0 Å². The van der Waals surface area contributed by atoms with E-state index in [0.717, 1.165) is 23.7 Å². The summed E-state index contributed by atoms with van der Waals surface area (Å²) in [5.41, 5.74) is 1.78. The molecule has 2 rings (SSSR count). The van der Waals surface area contributed by atoms with Crippen LogP contribution in [0.5, 0.6) is 0 Å². The van der Waals surface area contributed by atoms with Crippen LogP contribution in [0.2, 0.25) is 0 Å². The van der Waals surface area contributed by atoms with Gasteiger partial charge in [-0.2, -0.15) is 0 Å². The summed E-state index contributed by atoms with van der Waals surface area (Å²) in [5, 5.41) is 0.